The van der Waals surface area contributed by atoms with Crippen LogP contribution >= 0.6 is 23.2 Å². The van der Waals surface area contributed by atoms with Gasteiger partial charge in [0, 0.05) is 23.1 Å². The minimum absolute atomic E-state index is 0.208. The predicted octanol–water partition coefficient (Wildman–Crippen LogP) is 3.24. The summed E-state index contributed by atoms with van der Waals surface area (Å²) in [6.45, 7) is 4.78. The van der Waals surface area contributed by atoms with Crippen molar-refractivity contribution in [3.8, 4) is 0 Å². The molecule has 0 saturated heterocycles. The molecule has 0 aliphatic heterocycles. The van der Waals surface area contributed by atoms with Gasteiger partial charge in [0.05, 0.1) is 6.10 Å². The van der Waals surface area contributed by atoms with Crippen molar-refractivity contribution in [3.63, 3.8) is 0 Å². The van der Waals surface area contributed by atoms with Crippen LogP contribution in [0.4, 0.5) is 4.79 Å². The first-order valence-electron chi connectivity index (χ1n) is 7.01. The Hall–Kier alpha value is -0.970. The van der Waals surface area contributed by atoms with E-state index < -0.39 is 0 Å². The lowest BCUT2D eigenvalue weighted by molar-refractivity contribution is 0.163. The van der Waals surface area contributed by atoms with E-state index in [4.69, 9.17) is 23.2 Å². The molecule has 1 aromatic rings. The van der Waals surface area contributed by atoms with E-state index in [1.807, 2.05) is 19.1 Å². The Morgan fingerprint density at radius 3 is 2.38 bits per heavy atom. The summed E-state index contributed by atoms with van der Waals surface area (Å²) < 4.78 is 0. The maximum atomic E-state index is 11.6. The Morgan fingerprint density at radius 1 is 1.19 bits per heavy atom. The Labute approximate surface area is 135 Å². The first kappa shape index (κ1) is 18.1. The van der Waals surface area contributed by atoms with Gasteiger partial charge in [-0.3, -0.25) is 0 Å². The van der Waals surface area contributed by atoms with Gasteiger partial charge in [0.25, 0.3) is 0 Å². The number of benzene rings is 1. The van der Waals surface area contributed by atoms with E-state index in [9.17, 15) is 9.90 Å². The maximum absolute atomic E-state index is 11.6. The topological polar surface area (TPSA) is 61.4 Å². The maximum Gasteiger partial charge on any atom is 0.314 e. The number of nitrogens with one attached hydrogen (secondary N) is 2. The smallest absolute Gasteiger partial charge is 0.314 e. The highest BCUT2D eigenvalue weighted by Gasteiger charge is 2.08. The molecule has 0 saturated carbocycles. The summed E-state index contributed by atoms with van der Waals surface area (Å²) in [4.78, 5) is 11.6. The van der Waals surface area contributed by atoms with Gasteiger partial charge in [0.1, 0.15) is 0 Å². The van der Waals surface area contributed by atoms with E-state index in [0.717, 1.165) is 5.56 Å². The molecule has 0 aliphatic rings. The van der Waals surface area contributed by atoms with Crippen molar-refractivity contribution in [3.05, 3.63) is 33.8 Å². The van der Waals surface area contributed by atoms with Gasteiger partial charge in [-0.25, -0.2) is 4.79 Å². The third-order valence-electron chi connectivity index (χ3n) is 2.98. The summed E-state index contributed by atoms with van der Waals surface area (Å²) in [5.41, 5.74) is 0.982. The fraction of sp³-hybridized carbons (Fsp3) is 0.533. The van der Waals surface area contributed by atoms with Crippen LogP contribution in [0.25, 0.3) is 0 Å². The Balaban J connectivity index is 2.24. The highest BCUT2D eigenvalue weighted by atomic mass is 35.5. The fourth-order valence-electron chi connectivity index (χ4n) is 2.07. The second-order valence-electron chi connectivity index (χ2n) is 5.35. The van der Waals surface area contributed by atoms with Gasteiger partial charge in [0.15, 0.2) is 0 Å². The molecule has 0 fully saturated rings. The first-order valence-corrected chi connectivity index (χ1v) is 7.77. The number of amides is 2. The number of rotatable bonds is 7. The molecule has 1 aromatic carbocycles. The van der Waals surface area contributed by atoms with Crippen molar-refractivity contribution in [1.29, 1.82) is 0 Å². The quantitative estimate of drug-likeness (QED) is 0.717. The molecule has 21 heavy (non-hydrogen) atoms. The van der Waals surface area contributed by atoms with Gasteiger partial charge >= 0.3 is 6.03 Å². The van der Waals surface area contributed by atoms with Crippen LogP contribution in [0.3, 0.4) is 0 Å². The van der Waals surface area contributed by atoms with Crippen molar-refractivity contribution in [2.45, 2.75) is 32.8 Å². The number of halogens is 2. The average molecular weight is 333 g/mol. The molecule has 2 unspecified atom stereocenters. The highest BCUT2D eigenvalue weighted by Crippen LogP contribution is 2.19. The van der Waals surface area contributed by atoms with Crippen molar-refractivity contribution < 1.29 is 9.90 Å². The first-order chi connectivity index (χ1) is 9.86. The van der Waals surface area contributed by atoms with Crippen LogP contribution in [0.2, 0.25) is 10.0 Å². The average Bonchev–Trinajstić information content (AvgIpc) is 2.34. The largest absolute Gasteiger partial charge is 0.393 e. The lowest BCUT2D eigenvalue weighted by atomic mass is 10.1. The summed E-state index contributed by atoms with van der Waals surface area (Å²) in [5, 5.41) is 16.0. The number of hydrogen-bond donors (Lipinski definition) is 3. The summed E-state index contributed by atoms with van der Waals surface area (Å²) in [6, 6.07) is 5.13. The third-order valence-corrected chi connectivity index (χ3v) is 3.41. The van der Waals surface area contributed by atoms with Gasteiger partial charge in [0.2, 0.25) is 0 Å². The van der Waals surface area contributed by atoms with Gasteiger partial charge in [-0.15, -0.1) is 0 Å². The van der Waals surface area contributed by atoms with E-state index in [1.54, 1.807) is 13.0 Å². The van der Waals surface area contributed by atoms with E-state index in [-0.39, 0.29) is 18.1 Å². The normalized spacial score (nSPS) is 13.6. The molecular weight excluding hydrogens is 311 g/mol. The second kappa shape index (κ2) is 9.13. The summed E-state index contributed by atoms with van der Waals surface area (Å²) in [7, 11) is 0. The molecule has 118 valence electrons. The van der Waals surface area contributed by atoms with Crippen LogP contribution in [-0.2, 0) is 6.42 Å². The van der Waals surface area contributed by atoms with Crippen LogP contribution in [0, 0.1) is 5.92 Å². The zero-order valence-electron chi connectivity index (χ0n) is 12.3. The molecule has 6 heteroatoms. The van der Waals surface area contributed by atoms with Crippen molar-refractivity contribution in [1.82, 2.24) is 10.6 Å². The standard InChI is InChI=1S/C15H22Cl2N2O2/c1-10(5-11(2)20)9-19-15(21)18-4-3-12-6-13(16)8-14(17)7-12/h6-8,10-11,20H,3-5,9H2,1-2H3,(H2,18,19,21). The monoisotopic (exact) mass is 332 g/mol. The van der Waals surface area contributed by atoms with Crippen molar-refractivity contribution >= 4 is 29.2 Å². The lowest BCUT2D eigenvalue weighted by Gasteiger charge is -2.14. The highest BCUT2D eigenvalue weighted by molar-refractivity contribution is 6.34. The van der Waals surface area contributed by atoms with Gasteiger partial charge in [-0.2, -0.15) is 0 Å². The summed E-state index contributed by atoms with van der Waals surface area (Å²) >= 11 is 11.8. The van der Waals surface area contributed by atoms with E-state index in [0.29, 0.717) is 36.0 Å². The molecule has 0 spiro atoms. The molecular formula is C15H22Cl2N2O2. The van der Waals surface area contributed by atoms with Crippen LogP contribution in [0.15, 0.2) is 18.2 Å². The molecule has 2 amide bonds. The molecule has 2 atom stereocenters. The van der Waals surface area contributed by atoms with Crippen LogP contribution in [-0.4, -0.2) is 30.3 Å². The number of carbonyl (C=O) groups is 1. The Kier molecular flexibility index (Phi) is 7.86. The Morgan fingerprint density at radius 2 is 1.81 bits per heavy atom. The van der Waals surface area contributed by atoms with Gasteiger partial charge < -0.3 is 15.7 Å². The molecule has 0 aromatic heterocycles. The summed E-state index contributed by atoms with van der Waals surface area (Å²) in [5.74, 6) is 0.238. The van der Waals surface area contributed by atoms with Crippen LogP contribution in [0.5, 0.6) is 0 Å². The second-order valence-corrected chi connectivity index (χ2v) is 6.23. The minimum atomic E-state index is -0.350. The number of aliphatic hydroxyl groups is 1. The molecule has 0 heterocycles. The lowest BCUT2D eigenvalue weighted by Crippen LogP contribution is -2.39. The third kappa shape index (κ3) is 8.15. The fourth-order valence-corrected chi connectivity index (χ4v) is 2.64. The van der Waals surface area contributed by atoms with E-state index in [1.165, 1.54) is 0 Å². The zero-order valence-corrected chi connectivity index (χ0v) is 13.8. The minimum Gasteiger partial charge on any atom is -0.393 e. The Bertz CT molecular complexity index is 447. The van der Waals surface area contributed by atoms with Crippen LogP contribution < -0.4 is 10.6 Å². The van der Waals surface area contributed by atoms with E-state index >= 15 is 0 Å². The number of urea groups is 1. The van der Waals surface area contributed by atoms with Crippen molar-refractivity contribution in [2.24, 2.45) is 5.92 Å². The zero-order chi connectivity index (χ0) is 15.8. The predicted molar refractivity (Wildman–Crippen MR) is 87.0 cm³/mol. The number of hydrogen-bond acceptors (Lipinski definition) is 2. The van der Waals surface area contributed by atoms with Gasteiger partial charge in [-0.05, 0) is 49.4 Å². The number of carbonyl (C=O) groups excluding carboxylic acids is 1. The molecule has 3 N–H and O–H groups in total. The van der Waals surface area contributed by atoms with Crippen molar-refractivity contribution in [2.75, 3.05) is 13.1 Å². The number of aliphatic hydroxyl groups excluding tert-OH is 1. The molecule has 0 bridgehead atoms. The van der Waals surface area contributed by atoms with E-state index in [2.05, 4.69) is 10.6 Å². The van der Waals surface area contributed by atoms with Gasteiger partial charge in [-0.1, -0.05) is 30.1 Å². The molecule has 0 aliphatic carbocycles. The summed E-state index contributed by atoms with van der Waals surface area (Å²) in [6.07, 6.45) is 0.982. The molecule has 0 radical (unpaired) electrons. The SMILES string of the molecule is CC(O)CC(C)CNC(=O)NCCc1cc(Cl)cc(Cl)c1. The molecule has 4 nitrogen and oxygen atoms in total. The van der Waals surface area contributed by atoms with Crippen LogP contribution in [0.1, 0.15) is 25.8 Å². The molecule has 1 rings (SSSR count).